The fourth-order valence-corrected chi connectivity index (χ4v) is 4.92. The van der Waals surface area contributed by atoms with Gasteiger partial charge in [0.25, 0.3) is 10.0 Å². The highest BCUT2D eigenvalue weighted by molar-refractivity contribution is 7.89. The van der Waals surface area contributed by atoms with E-state index < -0.39 is 10.0 Å². The third-order valence-corrected chi connectivity index (χ3v) is 7.17. The summed E-state index contributed by atoms with van der Waals surface area (Å²) in [5.74, 6) is 1.41. The molecule has 0 saturated heterocycles. The van der Waals surface area contributed by atoms with E-state index in [1.54, 1.807) is 32.0 Å². The summed E-state index contributed by atoms with van der Waals surface area (Å²) >= 11 is 0. The Kier molecular flexibility index (Phi) is 8.67. The Labute approximate surface area is 201 Å². The number of hydrogen-bond donors (Lipinski definition) is 1. The molecule has 3 rings (SSSR count). The highest BCUT2D eigenvalue weighted by Gasteiger charge is 2.28. The first-order chi connectivity index (χ1) is 16.3. The van der Waals surface area contributed by atoms with Gasteiger partial charge in [-0.3, -0.25) is 9.58 Å². The summed E-state index contributed by atoms with van der Waals surface area (Å²) in [7, 11) is 2.85. The highest BCUT2D eigenvalue weighted by atomic mass is 32.2. The molecular formula is C24H32N4O5S. The predicted molar refractivity (Wildman–Crippen MR) is 129 cm³/mol. The van der Waals surface area contributed by atoms with E-state index in [-0.39, 0.29) is 24.7 Å². The Bertz CT molecular complexity index is 1110. The van der Waals surface area contributed by atoms with Gasteiger partial charge in [0.15, 0.2) is 5.03 Å². The van der Waals surface area contributed by atoms with E-state index in [1.807, 2.05) is 60.5 Å². The number of ether oxygens (including phenoxy) is 2. The predicted octanol–water partition coefficient (Wildman–Crippen LogP) is 2.25. The van der Waals surface area contributed by atoms with Crippen molar-refractivity contribution in [3.05, 3.63) is 71.4 Å². The monoisotopic (exact) mass is 488 g/mol. The second-order valence-corrected chi connectivity index (χ2v) is 9.91. The number of benzene rings is 2. The lowest BCUT2D eigenvalue weighted by atomic mass is 10.2. The van der Waals surface area contributed by atoms with Crippen molar-refractivity contribution in [3.8, 4) is 11.5 Å². The Morgan fingerprint density at radius 3 is 1.85 bits per heavy atom. The molecule has 2 aromatic carbocycles. The van der Waals surface area contributed by atoms with Crippen molar-refractivity contribution in [1.29, 1.82) is 0 Å². The van der Waals surface area contributed by atoms with E-state index in [9.17, 15) is 8.42 Å². The quantitative estimate of drug-likeness (QED) is 0.418. The van der Waals surface area contributed by atoms with Crippen LogP contribution in [0.5, 0.6) is 11.5 Å². The number of methoxy groups -OCH3 is 2. The number of aliphatic hydroxyl groups is 1. The van der Waals surface area contributed by atoms with Gasteiger partial charge in [0.05, 0.1) is 26.5 Å². The van der Waals surface area contributed by atoms with Crippen LogP contribution in [-0.4, -0.2) is 66.9 Å². The molecule has 0 saturated carbocycles. The molecule has 0 radical (unpaired) electrons. The molecule has 9 nitrogen and oxygen atoms in total. The number of aromatic nitrogens is 2. The molecule has 0 aliphatic heterocycles. The van der Waals surface area contributed by atoms with Gasteiger partial charge in [0.1, 0.15) is 11.5 Å². The van der Waals surface area contributed by atoms with Crippen LogP contribution in [0.1, 0.15) is 16.8 Å². The molecule has 0 unspecified atom stereocenters. The maximum absolute atomic E-state index is 13.7. The van der Waals surface area contributed by atoms with Gasteiger partial charge in [-0.2, -0.15) is 9.40 Å². The molecule has 0 amide bonds. The molecule has 0 spiro atoms. The van der Waals surface area contributed by atoms with E-state index in [0.717, 1.165) is 16.8 Å². The van der Waals surface area contributed by atoms with Gasteiger partial charge in [0, 0.05) is 39.3 Å². The lowest BCUT2D eigenvalue weighted by Crippen LogP contribution is -2.30. The van der Waals surface area contributed by atoms with Crippen LogP contribution < -0.4 is 9.47 Å². The maximum Gasteiger partial charge on any atom is 0.262 e. The van der Waals surface area contributed by atoms with Crippen molar-refractivity contribution in [2.45, 2.75) is 24.7 Å². The summed E-state index contributed by atoms with van der Waals surface area (Å²) in [4.78, 5) is 1.90. The zero-order chi connectivity index (χ0) is 24.7. The van der Waals surface area contributed by atoms with Crippen molar-refractivity contribution >= 4 is 10.0 Å². The Balaban J connectivity index is 1.92. The minimum absolute atomic E-state index is 0.00979. The first-order valence-electron chi connectivity index (χ1n) is 10.8. The zero-order valence-electron chi connectivity index (χ0n) is 20.0. The average molecular weight is 489 g/mol. The minimum Gasteiger partial charge on any atom is -0.497 e. The molecule has 1 aromatic heterocycles. The SMILES string of the molecule is COc1ccc(CN(Cc2ccc(OC)cc2)S(=O)(=O)c2cc(CN(C)CCO)n(C)n2)cc1. The normalized spacial score (nSPS) is 11.9. The summed E-state index contributed by atoms with van der Waals surface area (Å²) in [5.41, 5.74) is 2.40. The molecule has 34 heavy (non-hydrogen) atoms. The van der Waals surface area contributed by atoms with Crippen molar-refractivity contribution in [1.82, 2.24) is 19.0 Å². The van der Waals surface area contributed by atoms with Crippen molar-refractivity contribution in [3.63, 3.8) is 0 Å². The summed E-state index contributed by atoms with van der Waals surface area (Å²) in [6.07, 6.45) is 0. The largest absolute Gasteiger partial charge is 0.497 e. The number of sulfonamides is 1. The van der Waals surface area contributed by atoms with Gasteiger partial charge in [-0.1, -0.05) is 24.3 Å². The molecule has 0 aliphatic rings. The maximum atomic E-state index is 13.7. The first kappa shape index (κ1) is 25.7. The van der Waals surface area contributed by atoms with Crippen LogP contribution in [0.25, 0.3) is 0 Å². The zero-order valence-corrected chi connectivity index (χ0v) is 20.8. The number of aliphatic hydroxyl groups excluding tert-OH is 1. The van der Waals surface area contributed by atoms with Crippen LogP contribution in [0, 0.1) is 0 Å². The Morgan fingerprint density at radius 2 is 1.41 bits per heavy atom. The van der Waals surface area contributed by atoms with E-state index in [1.165, 1.54) is 4.31 Å². The number of rotatable bonds is 12. The van der Waals surface area contributed by atoms with Gasteiger partial charge in [-0.05, 0) is 42.4 Å². The standard InChI is InChI=1S/C24H32N4O5S/c1-26(13-14-29)18-21-15-24(25-27(21)2)34(30,31)28(16-19-5-9-22(32-3)10-6-19)17-20-7-11-23(33-4)12-8-20/h5-12,15,29H,13-14,16-18H2,1-4H3. The van der Waals surface area contributed by atoms with E-state index in [4.69, 9.17) is 14.6 Å². The fraction of sp³-hybridized carbons (Fsp3) is 0.375. The van der Waals surface area contributed by atoms with Crippen molar-refractivity contribution in [2.24, 2.45) is 7.05 Å². The van der Waals surface area contributed by atoms with Gasteiger partial charge in [-0.25, -0.2) is 8.42 Å². The van der Waals surface area contributed by atoms with E-state index in [0.29, 0.717) is 24.6 Å². The van der Waals surface area contributed by atoms with Gasteiger partial charge in [0.2, 0.25) is 0 Å². The third kappa shape index (κ3) is 6.35. The highest BCUT2D eigenvalue weighted by Crippen LogP contribution is 2.23. The number of nitrogens with zero attached hydrogens (tertiary/aromatic N) is 4. The van der Waals surface area contributed by atoms with E-state index >= 15 is 0 Å². The lowest BCUT2D eigenvalue weighted by molar-refractivity contribution is 0.214. The summed E-state index contributed by atoms with van der Waals surface area (Å²) in [6, 6.07) is 16.2. The molecular weight excluding hydrogens is 456 g/mol. The Morgan fingerprint density at radius 1 is 0.912 bits per heavy atom. The van der Waals surface area contributed by atoms with Crippen LogP contribution in [0.3, 0.4) is 0 Å². The number of likely N-dealkylation sites (N-methyl/N-ethyl adjacent to an activating group) is 1. The van der Waals surface area contributed by atoms with Crippen LogP contribution in [0.15, 0.2) is 59.6 Å². The summed E-state index contributed by atoms with van der Waals surface area (Å²) in [6.45, 7) is 1.32. The van der Waals surface area contributed by atoms with Crippen LogP contribution in [0.2, 0.25) is 0 Å². The molecule has 0 atom stereocenters. The number of aryl methyl sites for hydroxylation is 1. The smallest absolute Gasteiger partial charge is 0.262 e. The van der Waals surface area contributed by atoms with Gasteiger partial charge in [-0.15, -0.1) is 0 Å². The van der Waals surface area contributed by atoms with Crippen LogP contribution >= 0.6 is 0 Å². The molecule has 184 valence electrons. The molecule has 0 bridgehead atoms. The molecule has 0 aliphatic carbocycles. The first-order valence-corrected chi connectivity index (χ1v) is 12.3. The van der Waals surface area contributed by atoms with Gasteiger partial charge >= 0.3 is 0 Å². The fourth-order valence-electron chi connectivity index (χ4n) is 3.50. The number of hydrogen-bond acceptors (Lipinski definition) is 7. The summed E-state index contributed by atoms with van der Waals surface area (Å²) in [5, 5.41) is 13.5. The molecule has 0 fully saturated rings. The minimum atomic E-state index is -3.91. The second kappa shape index (κ2) is 11.5. The Hall–Kier alpha value is -2.92. The van der Waals surface area contributed by atoms with E-state index in [2.05, 4.69) is 5.10 Å². The van der Waals surface area contributed by atoms with Gasteiger partial charge < -0.3 is 14.6 Å². The molecule has 1 N–H and O–H groups in total. The second-order valence-electron chi connectivity index (χ2n) is 8.03. The lowest BCUT2D eigenvalue weighted by Gasteiger charge is -2.21. The molecule has 3 aromatic rings. The van der Waals surface area contributed by atoms with Crippen molar-refractivity contribution in [2.75, 3.05) is 34.4 Å². The third-order valence-electron chi connectivity index (χ3n) is 5.51. The van der Waals surface area contributed by atoms with Crippen LogP contribution in [-0.2, 0) is 36.7 Å². The molecule has 10 heteroatoms. The summed E-state index contributed by atoms with van der Waals surface area (Å²) < 4.78 is 40.8. The average Bonchev–Trinajstić information content (AvgIpc) is 3.20. The molecule has 1 heterocycles. The topological polar surface area (TPSA) is 97.1 Å². The van der Waals surface area contributed by atoms with Crippen molar-refractivity contribution < 1.29 is 23.0 Å². The van der Waals surface area contributed by atoms with Crippen LogP contribution in [0.4, 0.5) is 0 Å².